The van der Waals surface area contributed by atoms with E-state index in [-0.39, 0.29) is 12.0 Å². The third-order valence-electron chi connectivity index (χ3n) is 13.6. The maximum atomic E-state index is 7.21. The number of furan rings is 1. The number of benzene rings is 10. The molecule has 2 unspecified atom stereocenters. The Kier molecular flexibility index (Phi) is 9.31. The minimum Gasteiger partial charge on any atom is -0.483 e. The molecule has 2 atom stereocenters. The van der Waals surface area contributed by atoms with Crippen molar-refractivity contribution in [3.63, 3.8) is 0 Å². The van der Waals surface area contributed by atoms with Crippen LogP contribution in [0.3, 0.4) is 0 Å². The molecular formula is C64H43NO2. The second kappa shape index (κ2) is 16.1. The molecule has 3 nitrogen and oxygen atoms in total. The zero-order valence-electron chi connectivity index (χ0n) is 36.6. The van der Waals surface area contributed by atoms with E-state index in [0.29, 0.717) is 0 Å². The Balaban J connectivity index is 1.00. The molecule has 1 aliphatic heterocycles. The van der Waals surface area contributed by atoms with Crippen molar-refractivity contribution in [1.82, 2.24) is 0 Å². The molecule has 0 bridgehead atoms. The summed E-state index contributed by atoms with van der Waals surface area (Å²) in [6, 6.07) is 82.8. The standard InChI is InChI=1S/C64H43NO2/c1-3-13-42(14-4-1)44-25-31-52(32-26-44)65(53-33-27-45(28-34-53)48-24-23-43-15-7-8-18-47(43)37-48)60-41-51(49-29-35-62-57(38-49)56-21-11-12-22-61(56)66-62)40-59-58-39-50(30-36-63(58)67-64(59)60)55-20-10-9-19-54(55)46-16-5-2-6-17-46/h1-41,58,63H. The summed E-state index contributed by atoms with van der Waals surface area (Å²) in [5, 5.41) is 4.67. The molecule has 11 aromatic rings. The lowest BCUT2D eigenvalue weighted by molar-refractivity contribution is 0.270. The van der Waals surface area contributed by atoms with Gasteiger partial charge in [0.05, 0.1) is 5.69 Å². The first-order valence-corrected chi connectivity index (χ1v) is 23.0. The number of rotatable bonds is 8. The van der Waals surface area contributed by atoms with Crippen LogP contribution in [0, 0.1) is 0 Å². The first-order chi connectivity index (χ1) is 33.2. The van der Waals surface area contributed by atoms with Gasteiger partial charge in [-0.3, -0.25) is 0 Å². The van der Waals surface area contributed by atoms with Gasteiger partial charge in [0.15, 0.2) is 0 Å². The molecule has 10 aromatic carbocycles. The maximum Gasteiger partial charge on any atom is 0.148 e. The fraction of sp³-hybridized carbons (Fsp3) is 0.0312. The highest BCUT2D eigenvalue weighted by Gasteiger charge is 2.38. The molecule has 1 aliphatic carbocycles. The number of hydrogen-bond acceptors (Lipinski definition) is 3. The molecule has 0 fully saturated rings. The van der Waals surface area contributed by atoms with E-state index in [4.69, 9.17) is 9.15 Å². The summed E-state index contributed by atoms with van der Waals surface area (Å²) in [6.45, 7) is 0. The van der Waals surface area contributed by atoms with Crippen LogP contribution in [-0.2, 0) is 0 Å². The summed E-state index contributed by atoms with van der Waals surface area (Å²) in [4.78, 5) is 2.38. The quantitative estimate of drug-likeness (QED) is 0.152. The lowest BCUT2D eigenvalue weighted by Crippen LogP contribution is -2.17. The molecule has 316 valence electrons. The van der Waals surface area contributed by atoms with Crippen LogP contribution < -0.4 is 9.64 Å². The van der Waals surface area contributed by atoms with E-state index in [1.807, 2.05) is 12.1 Å². The predicted molar refractivity (Wildman–Crippen MR) is 278 cm³/mol. The molecule has 0 amide bonds. The average molecular weight is 858 g/mol. The van der Waals surface area contributed by atoms with Crippen molar-refractivity contribution < 1.29 is 9.15 Å². The molecular weight excluding hydrogens is 815 g/mol. The van der Waals surface area contributed by atoms with Crippen LogP contribution in [0.25, 0.3) is 82.8 Å². The van der Waals surface area contributed by atoms with Crippen LogP contribution in [0.4, 0.5) is 17.1 Å². The first kappa shape index (κ1) is 38.8. The molecule has 0 radical (unpaired) electrons. The van der Waals surface area contributed by atoms with Crippen LogP contribution in [0.15, 0.2) is 253 Å². The summed E-state index contributed by atoms with van der Waals surface area (Å²) in [5.74, 6) is 0.867. The number of anilines is 3. The van der Waals surface area contributed by atoms with Crippen molar-refractivity contribution in [3.8, 4) is 50.3 Å². The molecule has 2 heterocycles. The molecule has 1 aromatic heterocycles. The molecule has 0 N–H and O–H groups in total. The highest BCUT2D eigenvalue weighted by atomic mass is 16.5. The molecule has 67 heavy (non-hydrogen) atoms. The number of ether oxygens (including phenoxy) is 1. The van der Waals surface area contributed by atoms with Gasteiger partial charge in [-0.2, -0.15) is 0 Å². The molecule has 0 spiro atoms. The van der Waals surface area contributed by atoms with Crippen LogP contribution in [-0.4, -0.2) is 6.10 Å². The topological polar surface area (TPSA) is 25.6 Å². The number of allylic oxidation sites excluding steroid dienone is 2. The average Bonchev–Trinajstić information content (AvgIpc) is 3.97. The van der Waals surface area contributed by atoms with E-state index in [0.717, 1.165) is 72.6 Å². The van der Waals surface area contributed by atoms with Crippen molar-refractivity contribution in [2.45, 2.75) is 12.0 Å². The first-order valence-electron chi connectivity index (χ1n) is 23.0. The smallest absolute Gasteiger partial charge is 0.148 e. The Bertz CT molecular complexity index is 3710. The Morgan fingerprint density at radius 3 is 1.75 bits per heavy atom. The third kappa shape index (κ3) is 6.92. The Morgan fingerprint density at radius 1 is 0.388 bits per heavy atom. The lowest BCUT2D eigenvalue weighted by Gasteiger charge is -2.28. The zero-order valence-corrected chi connectivity index (χ0v) is 36.6. The monoisotopic (exact) mass is 857 g/mol. The van der Waals surface area contributed by atoms with E-state index in [2.05, 4.69) is 242 Å². The van der Waals surface area contributed by atoms with Crippen molar-refractivity contribution in [1.29, 1.82) is 0 Å². The van der Waals surface area contributed by atoms with Crippen LogP contribution in [0.5, 0.6) is 5.75 Å². The maximum absolute atomic E-state index is 7.21. The van der Waals surface area contributed by atoms with E-state index < -0.39 is 0 Å². The summed E-state index contributed by atoms with van der Waals surface area (Å²) in [7, 11) is 0. The molecule has 0 saturated heterocycles. The van der Waals surface area contributed by atoms with Gasteiger partial charge >= 0.3 is 0 Å². The molecule has 0 saturated carbocycles. The Morgan fingerprint density at radius 2 is 0.970 bits per heavy atom. The van der Waals surface area contributed by atoms with E-state index in [9.17, 15) is 0 Å². The van der Waals surface area contributed by atoms with Gasteiger partial charge in [0, 0.05) is 33.6 Å². The van der Waals surface area contributed by atoms with Crippen LogP contribution >= 0.6 is 0 Å². The van der Waals surface area contributed by atoms with E-state index in [1.54, 1.807) is 0 Å². The Labute approximate surface area is 389 Å². The highest BCUT2D eigenvalue weighted by molar-refractivity contribution is 6.06. The lowest BCUT2D eigenvalue weighted by atomic mass is 9.84. The van der Waals surface area contributed by atoms with Crippen molar-refractivity contribution in [3.05, 3.63) is 260 Å². The predicted octanol–water partition coefficient (Wildman–Crippen LogP) is 17.4. The van der Waals surface area contributed by atoms with E-state index >= 15 is 0 Å². The Hall–Kier alpha value is -8.66. The summed E-state index contributed by atoms with van der Waals surface area (Å²) < 4.78 is 13.5. The largest absolute Gasteiger partial charge is 0.483 e. The second-order valence-electron chi connectivity index (χ2n) is 17.6. The molecule has 13 rings (SSSR count). The van der Waals surface area contributed by atoms with Gasteiger partial charge in [-0.15, -0.1) is 0 Å². The second-order valence-corrected chi connectivity index (χ2v) is 17.6. The van der Waals surface area contributed by atoms with Gasteiger partial charge in [0.25, 0.3) is 0 Å². The minimum atomic E-state index is -0.172. The third-order valence-corrected chi connectivity index (χ3v) is 13.6. The summed E-state index contributed by atoms with van der Waals surface area (Å²) in [5.41, 5.74) is 17.7. The van der Waals surface area contributed by atoms with Crippen LogP contribution in [0.1, 0.15) is 17.0 Å². The van der Waals surface area contributed by atoms with Gasteiger partial charge < -0.3 is 14.1 Å². The van der Waals surface area contributed by atoms with Crippen LogP contribution in [0.2, 0.25) is 0 Å². The van der Waals surface area contributed by atoms with Crippen molar-refractivity contribution >= 4 is 55.3 Å². The number of fused-ring (bicyclic) bond motifs is 7. The fourth-order valence-corrected chi connectivity index (χ4v) is 10.2. The summed E-state index contributed by atoms with van der Waals surface area (Å²) in [6.07, 6.45) is 6.76. The highest BCUT2D eigenvalue weighted by Crippen LogP contribution is 2.53. The molecule has 2 aliphatic rings. The fourth-order valence-electron chi connectivity index (χ4n) is 10.2. The van der Waals surface area contributed by atoms with Crippen molar-refractivity contribution in [2.75, 3.05) is 4.90 Å². The number of para-hydroxylation sites is 1. The van der Waals surface area contributed by atoms with E-state index in [1.165, 1.54) is 44.2 Å². The minimum absolute atomic E-state index is 0.0198. The SMILES string of the molecule is C1=CC2Oc3c(cc(-c4ccc5oc6ccccc6c5c4)cc3N(c3ccc(-c4ccccc4)cc3)c3ccc(-c4ccc5ccccc5c4)cc3)C2C=C1c1ccccc1-c1ccccc1. The zero-order chi connectivity index (χ0) is 44.3. The van der Waals surface area contributed by atoms with Crippen molar-refractivity contribution in [2.24, 2.45) is 0 Å². The van der Waals surface area contributed by atoms with Gasteiger partial charge in [0.2, 0.25) is 0 Å². The molecule has 3 heteroatoms. The number of hydrogen-bond donors (Lipinski definition) is 0. The van der Waals surface area contributed by atoms with Gasteiger partial charge in [-0.1, -0.05) is 182 Å². The summed E-state index contributed by atoms with van der Waals surface area (Å²) >= 11 is 0. The van der Waals surface area contributed by atoms with Gasteiger partial charge in [-0.05, 0) is 133 Å². The van der Waals surface area contributed by atoms with Gasteiger partial charge in [0.1, 0.15) is 23.0 Å². The van der Waals surface area contributed by atoms with Gasteiger partial charge in [-0.25, -0.2) is 0 Å². The normalized spacial score (nSPS) is 15.0. The number of nitrogens with zero attached hydrogens (tertiary/aromatic N) is 1.